The second-order valence-electron chi connectivity index (χ2n) is 20.7. The zero-order chi connectivity index (χ0) is 50.6. The van der Waals surface area contributed by atoms with Crippen molar-refractivity contribution in [2.75, 3.05) is 31.0 Å². The maximum absolute atomic E-state index is 7.78. The van der Waals surface area contributed by atoms with Gasteiger partial charge < -0.3 is 29.2 Å². The van der Waals surface area contributed by atoms with Crippen LogP contribution in [0.1, 0.15) is 12.0 Å². The van der Waals surface area contributed by atoms with Gasteiger partial charge in [0.05, 0.1) is 11.4 Å². The van der Waals surface area contributed by atoms with Gasteiger partial charge in [0.1, 0.15) is 11.5 Å². The summed E-state index contributed by atoms with van der Waals surface area (Å²) in [5.74, 6) is 1.88. The summed E-state index contributed by atoms with van der Waals surface area (Å²) in [4.78, 5) is 12.4. The molecule has 11 aromatic rings. The van der Waals surface area contributed by atoms with Crippen LogP contribution >= 0.6 is 0 Å². The molecular formula is C69H49B2N5O. The molecule has 0 radical (unpaired) electrons. The van der Waals surface area contributed by atoms with Crippen LogP contribution in [0.3, 0.4) is 0 Å². The molecule has 0 atom stereocenters. The van der Waals surface area contributed by atoms with Crippen LogP contribution in [0, 0.1) is 0 Å². The average Bonchev–Trinajstić information content (AvgIpc) is 3.65. The van der Waals surface area contributed by atoms with Crippen molar-refractivity contribution in [3.63, 3.8) is 0 Å². The van der Waals surface area contributed by atoms with Crippen molar-refractivity contribution in [2.24, 2.45) is 0 Å². The highest BCUT2D eigenvalue weighted by atomic mass is 16.5. The highest BCUT2D eigenvalue weighted by Gasteiger charge is 2.49. The van der Waals surface area contributed by atoms with Crippen LogP contribution in [0.4, 0.5) is 79.6 Å². The largest absolute Gasteiger partial charge is 0.458 e. The Morgan fingerprint density at radius 3 is 1.27 bits per heavy atom. The average molecular weight is 986 g/mol. The molecule has 0 bridgehead atoms. The normalized spacial score (nSPS) is 13.8. The van der Waals surface area contributed by atoms with Crippen LogP contribution in [0.15, 0.2) is 261 Å². The van der Waals surface area contributed by atoms with E-state index >= 15 is 0 Å². The van der Waals surface area contributed by atoms with Crippen molar-refractivity contribution in [1.82, 2.24) is 0 Å². The van der Waals surface area contributed by atoms with Crippen molar-refractivity contribution >= 4 is 126 Å². The molecule has 8 heteroatoms. The van der Waals surface area contributed by atoms with Gasteiger partial charge in [-0.15, -0.1) is 0 Å². The molecule has 0 amide bonds. The number of rotatable bonds is 8. The molecule has 0 aliphatic carbocycles. The number of hydrogen-bond donors (Lipinski definition) is 0. The first-order valence-electron chi connectivity index (χ1n) is 26.9. The monoisotopic (exact) mass is 985 g/mol. The Labute approximate surface area is 450 Å². The van der Waals surface area contributed by atoms with Crippen molar-refractivity contribution < 1.29 is 4.74 Å². The molecule has 5 aliphatic rings. The standard InChI is InChI=1S/C69H49B2N5O/c1-7-24-47(25-8-1)73(48-26-9-2-10-27-48)53-42-62-66-63(43-53)75(51-32-15-5-16-33-51)60-39-21-19-37-56(60)70(66)58-46-59-69(55-36-23-41-72(62)68(55)58)77-65-45-54(74(49-28-11-3-12-29-49)50-30-13-4-14-31-50)44-64-67(65)71(59)57-38-20-22-40-61(57)76(64)52-34-17-6-18-35-52/h1-22,24-35,37-40,42-46H,23,36,41H2. The van der Waals surface area contributed by atoms with Crippen LogP contribution in [0.2, 0.25) is 0 Å². The van der Waals surface area contributed by atoms with E-state index in [0.717, 1.165) is 82.1 Å². The third kappa shape index (κ3) is 6.71. The Bertz CT molecular complexity index is 4010. The molecule has 0 fully saturated rings. The van der Waals surface area contributed by atoms with Crippen LogP contribution in [0.5, 0.6) is 11.5 Å². The molecule has 0 aromatic heterocycles. The van der Waals surface area contributed by atoms with E-state index in [1.165, 1.54) is 66.8 Å². The van der Waals surface area contributed by atoms with Gasteiger partial charge in [0.15, 0.2) is 0 Å². The molecule has 5 aliphatic heterocycles. The number of anilines is 14. The Hall–Kier alpha value is -9.65. The lowest BCUT2D eigenvalue weighted by molar-refractivity contribution is 0.479. The first-order chi connectivity index (χ1) is 38.2. The summed E-state index contributed by atoms with van der Waals surface area (Å²) >= 11 is 0. The Balaban J connectivity index is 0.969. The second kappa shape index (κ2) is 17.5. The van der Waals surface area contributed by atoms with Gasteiger partial charge in [0, 0.05) is 86.4 Å². The number of hydrogen-bond acceptors (Lipinski definition) is 6. The van der Waals surface area contributed by atoms with Crippen molar-refractivity contribution in [3.05, 3.63) is 266 Å². The van der Waals surface area contributed by atoms with Crippen molar-refractivity contribution in [1.29, 1.82) is 0 Å². The molecule has 0 saturated heterocycles. The molecule has 11 aromatic carbocycles. The molecule has 6 nitrogen and oxygen atoms in total. The molecule has 16 rings (SSSR count). The van der Waals surface area contributed by atoms with E-state index < -0.39 is 0 Å². The molecule has 0 spiro atoms. The smallest absolute Gasteiger partial charge is 0.256 e. The molecule has 5 heterocycles. The second-order valence-corrected chi connectivity index (χ2v) is 20.7. The van der Waals surface area contributed by atoms with Gasteiger partial charge in [-0.05, 0) is 149 Å². The highest BCUT2D eigenvalue weighted by Crippen LogP contribution is 2.51. The lowest BCUT2D eigenvalue weighted by Crippen LogP contribution is -2.65. The summed E-state index contributed by atoms with van der Waals surface area (Å²) in [6.45, 7) is 0.742. The molecule has 362 valence electrons. The van der Waals surface area contributed by atoms with E-state index in [1.54, 1.807) is 0 Å². The number of ether oxygens (including phenoxy) is 1. The molecule has 77 heavy (non-hydrogen) atoms. The molecule has 0 saturated carbocycles. The highest BCUT2D eigenvalue weighted by molar-refractivity contribution is 7.02. The number of benzene rings is 11. The third-order valence-corrected chi connectivity index (χ3v) is 16.5. The summed E-state index contributed by atoms with van der Waals surface area (Å²) in [6, 6.07) is 95.4. The van der Waals surface area contributed by atoms with Crippen LogP contribution in [0.25, 0.3) is 0 Å². The molecule has 0 N–H and O–H groups in total. The maximum Gasteiger partial charge on any atom is 0.256 e. The van der Waals surface area contributed by atoms with Gasteiger partial charge >= 0.3 is 0 Å². The summed E-state index contributed by atoms with van der Waals surface area (Å²) in [5.41, 5.74) is 24.9. The Kier molecular flexibility index (Phi) is 9.92. The topological polar surface area (TPSA) is 25.4 Å². The SMILES string of the molecule is c1ccc(N(c2ccccc2)c2cc3c4c(c2)N(c2ccccc2)c2ccccc2B4c2cc4c5c(c2O3)CCCN5c2cc(N(c3ccccc3)c3ccccc3)cc3c2B4c2ccccc2N3c2ccccc2)cc1. The quantitative estimate of drug-likeness (QED) is 0.141. The van der Waals surface area contributed by atoms with Gasteiger partial charge in [-0.1, -0.05) is 152 Å². The molecular weight excluding hydrogens is 936 g/mol. The lowest BCUT2D eigenvalue weighted by atomic mass is 9.30. The van der Waals surface area contributed by atoms with Crippen molar-refractivity contribution in [2.45, 2.75) is 12.8 Å². The fourth-order valence-corrected chi connectivity index (χ4v) is 13.5. The van der Waals surface area contributed by atoms with Gasteiger partial charge in [-0.25, -0.2) is 0 Å². The number of nitrogens with zero attached hydrogens (tertiary/aromatic N) is 5. The van der Waals surface area contributed by atoms with Crippen LogP contribution < -0.4 is 62.0 Å². The zero-order valence-electron chi connectivity index (χ0n) is 42.2. The van der Waals surface area contributed by atoms with Crippen LogP contribution in [-0.4, -0.2) is 20.0 Å². The Morgan fingerprint density at radius 2 is 0.766 bits per heavy atom. The summed E-state index contributed by atoms with van der Waals surface area (Å²) in [7, 11) is 0. The third-order valence-electron chi connectivity index (χ3n) is 16.5. The van der Waals surface area contributed by atoms with E-state index in [1.807, 2.05) is 0 Å². The fourth-order valence-electron chi connectivity index (χ4n) is 13.5. The fraction of sp³-hybridized carbons (Fsp3) is 0.0435. The summed E-state index contributed by atoms with van der Waals surface area (Å²) < 4.78 is 7.78. The van der Waals surface area contributed by atoms with Gasteiger partial charge in [-0.3, -0.25) is 0 Å². The van der Waals surface area contributed by atoms with Crippen LogP contribution in [-0.2, 0) is 6.42 Å². The van der Waals surface area contributed by atoms with E-state index in [-0.39, 0.29) is 13.4 Å². The van der Waals surface area contributed by atoms with Crippen molar-refractivity contribution in [3.8, 4) is 11.5 Å². The summed E-state index contributed by atoms with van der Waals surface area (Å²) in [6.07, 6.45) is 1.88. The minimum atomic E-state index is -0.0963. The van der Waals surface area contributed by atoms with E-state index in [0.29, 0.717) is 0 Å². The van der Waals surface area contributed by atoms with Gasteiger partial charge in [0.25, 0.3) is 13.4 Å². The lowest BCUT2D eigenvalue weighted by Gasteiger charge is -2.48. The Morgan fingerprint density at radius 1 is 0.351 bits per heavy atom. The minimum absolute atomic E-state index is 0.0475. The summed E-state index contributed by atoms with van der Waals surface area (Å²) in [5, 5.41) is 0. The predicted octanol–water partition coefficient (Wildman–Crippen LogP) is 13.7. The molecule has 0 unspecified atom stereocenters. The first kappa shape index (κ1) is 43.7. The van der Waals surface area contributed by atoms with Gasteiger partial charge in [0.2, 0.25) is 0 Å². The maximum atomic E-state index is 7.78. The zero-order valence-corrected chi connectivity index (χ0v) is 42.2. The van der Waals surface area contributed by atoms with Gasteiger partial charge in [-0.2, -0.15) is 0 Å². The number of fused-ring (bicyclic) bond motifs is 9. The van der Waals surface area contributed by atoms with E-state index in [4.69, 9.17) is 4.74 Å². The minimum Gasteiger partial charge on any atom is -0.458 e. The van der Waals surface area contributed by atoms with E-state index in [2.05, 4.69) is 285 Å². The van der Waals surface area contributed by atoms with E-state index in [9.17, 15) is 0 Å². The number of para-hydroxylation sites is 8. The predicted molar refractivity (Wildman–Crippen MR) is 323 cm³/mol. The first-order valence-corrected chi connectivity index (χ1v) is 26.9.